The van der Waals surface area contributed by atoms with Crippen LogP contribution in [0.1, 0.15) is 70.2 Å². The summed E-state index contributed by atoms with van der Waals surface area (Å²) in [7, 11) is 0. The molecule has 0 aliphatic heterocycles. The van der Waals surface area contributed by atoms with E-state index in [1.54, 1.807) is 11.3 Å². The summed E-state index contributed by atoms with van der Waals surface area (Å²) in [6.45, 7) is 6.76. The quantitative estimate of drug-likeness (QED) is 0.736. The lowest BCUT2D eigenvalue weighted by molar-refractivity contribution is 0.437. The molecule has 0 atom stereocenters. The molecule has 18 heavy (non-hydrogen) atoms. The largest absolute Gasteiger partial charge is 0.285 e. The Kier molecular flexibility index (Phi) is 2.97. The van der Waals surface area contributed by atoms with Crippen molar-refractivity contribution in [1.29, 1.82) is 0 Å². The molecule has 2 aromatic heterocycles. The normalized spacial score (nSPS) is 18.6. The van der Waals surface area contributed by atoms with Gasteiger partial charge in [0.1, 0.15) is 0 Å². The topological polar surface area (TPSA) is 17.3 Å². The Labute approximate surface area is 113 Å². The Morgan fingerprint density at radius 2 is 2.00 bits per heavy atom. The highest BCUT2D eigenvalue weighted by Crippen LogP contribution is 2.34. The minimum Gasteiger partial charge on any atom is -0.285 e. The summed E-state index contributed by atoms with van der Waals surface area (Å²) >= 11 is 1.75. The minimum absolute atomic E-state index is 0.166. The molecular weight excluding hydrogens is 240 g/mol. The molecule has 1 aliphatic rings. The molecular formula is C15H21N2S. The molecule has 2 aromatic rings. The van der Waals surface area contributed by atoms with Crippen LogP contribution < -0.4 is 0 Å². The molecule has 0 bridgehead atoms. The van der Waals surface area contributed by atoms with E-state index >= 15 is 0 Å². The maximum absolute atomic E-state index is 4.80. The fourth-order valence-electron chi connectivity index (χ4n) is 2.81. The van der Waals surface area contributed by atoms with E-state index in [2.05, 4.69) is 36.7 Å². The smallest absolute Gasteiger partial charge is 0.194 e. The van der Waals surface area contributed by atoms with E-state index in [4.69, 9.17) is 4.98 Å². The first kappa shape index (κ1) is 12.2. The molecule has 97 valence electrons. The maximum Gasteiger partial charge on any atom is 0.194 e. The van der Waals surface area contributed by atoms with Gasteiger partial charge in [0.15, 0.2) is 4.96 Å². The van der Waals surface area contributed by atoms with Crippen LogP contribution in [0.25, 0.3) is 4.96 Å². The predicted octanol–water partition coefficient (Wildman–Crippen LogP) is 4.54. The number of hydrogen-bond acceptors (Lipinski definition) is 2. The molecule has 0 N–H and O–H groups in total. The second-order valence-corrected chi connectivity index (χ2v) is 7.27. The third-order valence-corrected chi connectivity index (χ3v) is 4.74. The van der Waals surface area contributed by atoms with Gasteiger partial charge >= 0.3 is 0 Å². The SMILES string of the molecule is CC(C)(C)c1csc2nc(C3CCCCC3)[c]n12. The fraction of sp³-hybridized carbons (Fsp3) is 0.667. The van der Waals surface area contributed by atoms with Gasteiger partial charge in [-0.15, -0.1) is 11.3 Å². The van der Waals surface area contributed by atoms with Gasteiger partial charge in [0.2, 0.25) is 0 Å². The van der Waals surface area contributed by atoms with E-state index in [0.29, 0.717) is 5.92 Å². The van der Waals surface area contributed by atoms with Crippen molar-refractivity contribution in [3.8, 4) is 0 Å². The van der Waals surface area contributed by atoms with Crippen LogP contribution in [0.4, 0.5) is 0 Å². The van der Waals surface area contributed by atoms with Crippen molar-refractivity contribution in [2.45, 2.75) is 64.2 Å². The van der Waals surface area contributed by atoms with Crippen molar-refractivity contribution in [1.82, 2.24) is 9.38 Å². The van der Waals surface area contributed by atoms with E-state index in [9.17, 15) is 0 Å². The Balaban J connectivity index is 1.98. The fourth-order valence-corrected chi connectivity index (χ4v) is 3.89. The predicted molar refractivity (Wildman–Crippen MR) is 76.4 cm³/mol. The second kappa shape index (κ2) is 4.37. The van der Waals surface area contributed by atoms with Crippen LogP contribution in [0.15, 0.2) is 5.38 Å². The van der Waals surface area contributed by atoms with Crippen LogP contribution in [-0.2, 0) is 5.41 Å². The van der Waals surface area contributed by atoms with Gasteiger partial charge in [0.25, 0.3) is 0 Å². The molecule has 2 heterocycles. The number of hydrogen-bond donors (Lipinski definition) is 0. The first-order valence-corrected chi connectivity index (χ1v) is 7.83. The van der Waals surface area contributed by atoms with Gasteiger partial charge in [-0.3, -0.25) is 4.40 Å². The van der Waals surface area contributed by atoms with Gasteiger partial charge in [0, 0.05) is 22.4 Å². The van der Waals surface area contributed by atoms with Crippen LogP contribution >= 0.6 is 11.3 Å². The minimum atomic E-state index is 0.166. The molecule has 3 heteroatoms. The van der Waals surface area contributed by atoms with Crippen LogP contribution in [-0.4, -0.2) is 9.38 Å². The van der Waals surface area contributed by atoms with Gasteiger partial charge in [0.05, 0.1) is 11.9 Å². The Morgan fingerprint density at radius 3 is 2.67 bits per heavy atom. The lowest BCUT2D eigenvalue weighted by Gasteiger charge is -2.19. The number of aromatic nitrogens is 2. The standard InChI is InChI=1S/C15H21N2S/c1-15(2,3)13-10-18-14-16-12(9-17(13)14)11-7-5-4-6-8-11/h10-11H,4-8H2,1-3H3. The lowest BCUT2D eigenvalue weighted by Crippen LogP contribution is -2.13. The van der Waals surface area contributed by atoms with E-state index in [1.165, 1.54) is 43.5 Å². The lowest BCUT2D eigenvalue weighted by atomic mass is 9.87. The zero-order valence-electron chi connectivity index (χ0n) is 11.5. The number of thiazole rings is 1. The third-order valence-electron chi connectivity index (χ3n) is 3.91. The van der Waals surface area contributed by atoms with Crippen molar-refractivity contribution in [2.24, 2.45) is 0 Å². The summed E-state index contributed by atoms with van der Waals surface area (Å²) in [5.74, 6) is 0.652. The summed E-state index contributed by atoms with van der Waals surface area (Å²) < 4.78 is 2.19. The molecule has 1 saturated carbocycles. The molecule has 3 rings (SSSR count). The molecule has 1 fully saturated rings. The number of fused-ring (bicyclic) bond motifs is 1. The Morgan fingerprint density at radius 1 is 1.28 bits per heavy atom. The molecule has 2 nitrogen and oxygen atoms in total. The highest BCUT2D eigenvalue weighted by Gasteiger charge is 2.23. The molecule has 1 aliphatic carbocycles. The summed E-state index contributed by atoms with van der Waals surface area (Å²) in [4.78, 5) is 5.91. The van der Waals surface area contributed by atoms with Gasteiger partial charge in [-0.25, -0.2) is 4.98 Å². The van der Waals surface area contributed by atoms with Crippen LogP contribution in [0, 0.1) is 6.20 Å². The summed E-state index contributed by atoms with van der Waals surface area (Å²) in [5, 5.41) is 2.23. The van der Waals surface area contributed by atoms with Crippen molar-refractivity contribution < 1.29 is 0 Å². The van der Waals surface area contributed by atoms with Crippen molar-refractivity contribution in [3.05, 3.63) is 23.0 Å². The monoisotopic (exact) mass is 261 g/mol. The van der Waals surface area contributed by atoms with Gasteiger partial charge in [-0.05, 0) is 12.8 Å². The molecule has 0 saturated heterocycles. The molecule has 1 radical (unpaired) electrons. The first-order valence-electron chi connectivity index (χ1n) is 6.95. The van der Waals surface area contributed by atoms with Crippen molar-refractivity contribution >= 4 is 16.3 Å². The molecule has 0 spiro atoms. The highest BCUT2D eigenvalue weighted by atomic mass is 32.1. The summed E-state index contributed by atoms with van der Waals surface area (Å²) in [5.41, 5.74) is 2.70. The summed E-state index contributed by atoms with van der Waals surface area (Å²) in [6, 6.07) is 0. The Bertz CT molecular complexity index is 538. The summed E-state index contributed by atoms with van der Waals surface area (Å²) in [6.07, 6.45) is 10.2. The van der Waals surface area contributed by atoms with E-state index in [1.807, 2.05) is 0 Å². The third kappa shape index (κ3) is 2.09. The first-order chi connectivity index (χ1) is 8.55. The zero-order valence-corrected chi connectivity index (χ0v) is 12.3. The second-order valence-electron chi connectivity index (χ2n) is 6.43. The van der Waals surface area contributed by atoms with Crippen LogP contribution in [0.2, 0.25) is 0 Å². The van der Waals surface area contributed by atoms with Gasteiger partial charge < -0.3 is 0 Å². The van der Waals surface area contributed by atoms with Crippen molar-refractivity contribution in [2.75, 3.05) is 0 Å². The number of nitrogens with zero attached hydrogens (tertiary/aromatic N) is 2. The molecule has 0 amide bonds. The molecule has 0 aromatic carbocycles. The van der Waals surface area contributed by atoms with Crippen LogP contribution in [0.3, 0.4) is 0 Å². The van der Waals surface area contributed by atoms with Crippen LogP contribution in [0.5, 0.6) is 0 Å². The number of rotatable bonds is 1. The zero-order chi connectivity index (χ0) is 12.8. The van der Waals surface area contributed by atoms with Gasteiger partial charge in [-0.1, -0.05) is 40.0 Å². The average Bonchev–Trinajstić information content (AvgIpc) is 2.87. The van der Waals surface area contributed by atoms with Crippen molar-refractivity contribution in [3.63, 3.8) is 0 Å². The maximum atomic E-state index is 4.80. The average molecular weight is 261 g/mol. The molecule has 0 unspecified atom stereocenters. The van der Waals surface area contributed by atoms with E-state index in [-0.39, 0.29) is 5.41 Å². The van der Waals surface area contributed by atoms with E-state index < -0.39 is 0 Å². The van der Waals surface area contributed by atoms with E-state index in [0.717, 1.165) is 4.96 Å². The number of imidazole rings is 1. The van der Waals surface area contributed by atoms with Gasteiger partial charge in [-0.2, -0.15) is 0 Å². The highest BCUT2D eigenvalue weighted by molar-refractivity contribution is 7.15. The Hall–Kier alpha value is -0.830.